The smallest absolute Gasteiger partial charge is 0.191 e. The largest absolute Gasteiger partial charge is 0.379 e. The molecular weight excluding hydrogens is 407 g/mol. The van der Waals surface area contributed by atoms with Gasteiger partial charge in [-0.2, -0.15) is 0 Å². The second-order valence-electron chi connectivity index (χ2n) is 6.58. The van der Waals surface area contributed by atoms with Crippen LogP contribution in [-0.4, -0.2) is 74.5 Å². The third-order valence-corrected chi connectivity index (χ3v) is 4.95. The molecule has 3 saturated heterocycles. The van der Waals surface area contributed by atoms with Crippen LogP contribution in [0.2, 0.25) is 0 Å². The zero-order chi connectivity index (χ0) is 15.4. The van der Waals surface area contributed by atoms with Gasteiger partial charge in [0.2, 0.25) is 0 Å². The summed E-state index contributed by atoms with van der Waals surface area (Å²) in [7, 11) is 0. The van der Waals surface area contributed by atoms with Crippen molar-refractivity contribution in [1.29, 1.82) is 0 Å². The Hall–Kier alpha value is -0.120. The number of hydrogen-bond acceptors (Lipinski definition) is 4. The number of morpholine rings is 1. The van der Waals surface area contributed by atoms with Crippen molar-refractivity contribution in [2.45, 2.75) is 57.4 Å². The van der Waals surface area contributed by atoms with Crippen molar-refractivity contribution < 1.29 is 9.47 Å². The summed E-state index contributed by atoms with van der Waals surface area (Å²) in [4.78, 5) is 7.25. The third-order valence-electron chi connectivity index (χ3n) is 4.95. The van der Waals surface area contributed by atoms with E-state index in [1.54, 1.807) is 0 Å². The normalized spacial score (nSPS) is 32.4. The first kappa shape index (κ1) is 19.2. The molecule has 0 amide bonds. The zero-order valence-corrected chi connectivity index (χ0v) is 16.6. The summed E-state index contributed by atoms with van der Waals surface area (Å²) in [5, 5.41) is 6.94. The molecule has 2 N–H and O–H groups in total. The Bertz CT molecular complexity index is 390. The monoisotopic (exact) mass is 438 g/mol. The summed E-state index contributed by atoms with van der Waals surface area (Å²) in [5.41, 5.74) is 0. The summed E-state index contributed by atoms with van der Waals surface area (Å²) >= 11 is 0. The molecular formula is C16H31IN4O2. The predicted molar refractivity (Wildman–Crippen MR) is 103 cm³/mol. The van der Waals surface area contributed by atoms with Crippen molar-refractivity contribution in [1.82, 2.24) is 15.5 Å². The molecule has 2 bridgehead atoms. The van der Waals surface area contributed by atoms with Gasteiger partial charge in [-0.25, -0.2) is 0 Å². The molecule has 7 heteroatoms. The first-order chi connectivity index (χ1) is 10.8. The van der Waals surface area contributed by atoms with E-state index in [1.165, 1.54) is 12.8 Å². The molecule has 0 radical (unpaired) electrons. The van der Waals surface area contributed by atoms with E-state index in [0.29, 0.717) is 24.3 Å². The molecule has 4 atom stereocenters. The van der Waals surface area contributed by atoms with E-state index >= 15 is 0 Å². The third kappa shape index (κ3) is 5.17. The second kappa shape index (κ2) is 9.39. The Balaban J connectivity index is 0.00000192. The fraction of sp³-hybridized carbons (Fsp3) is 0.938. The van der Waals surface area contributed by atoms with Gasteiger partial charge < -0.3 is 20.1 Å². The fourth-order valence-electron chi connectivity index (χ4n) is 3.64. The number of fused-ring (bicyclic) bond motifs is 2. The van der Waals surface area contributed by atoms with Crippen LogP contribution in [0.25, 0.3) is 0 Å². The predicted octanol–water partition coefficient (Wildman–Crippen LogP) is 1.20. The van der Waals surface area contributed by atoms with Crippen LogP contribution in [-0.2, 0) is 9.47 Å². The Morgan fingerprint density at radius 2 is 2.09 bits per heavy atom. The second-order valence-corrected chi connectivity index (χ2v) is 6.58. The van der Waals surface area contributed by atoms with Gasteiger partial charge in [0, 0.05) is 25.7 Å². The minimum atomic E-state index is 0. The lowest BCUT2D eigenvalue weighted by molar-refractivity contribution is 0.0220. The maximum Gasteiger partial charge on any atom is 0.191 e. The molecule has 3 aliphatic rings. The molecule has 0 aromatic rings. The summed E-state index contributed by atoms with van der Waals surface area (Å²) in [5.74, 6) is 0.934. The SMILES string of the molecule is CCNC(=NCC(C)N1CCOCC1)NC1CC2CCC1O2.I. The fourth-order valence-corrected chi connectivity index (χ4v) is 3.64. The van der Waals surface area contributed by atoms with Gasteiger partial charge in [-0.3, -0.25) is 9.89 Å². The lowest BCUT2D eigenvalue weighted by Crippen LogP contribution is -2.48. The van der Waals surface area contributed by atoms with Crippen molar-refractivity contribution in [2.24, 2.45) is 4.99 Å². The average molecular weight is 438 g/mol. The minimum absolute atomic E-state index is 0. The summed E-state index contributed by atoms with van der Waals surface area (Å²) in [6.45, 7) is 9.78. The van der Waals surface area contributed by atoms with Crippen LogP contribution >= 0.6 is 24.0 Å². The van der Waals surface area contributed by atoms with E-state index in [9.17, 15) is 0 Å². The highest BCUT2D eigenvalue weighted by Gasteiger charge is 2.41. The Morgan fingerprint density at radius 3 is 2.70 bits per heavy atom. The van der Waals surface area contributed by atoms with Crippen LogP contribution in [0.4, 0.5) is 0 Å². The number of nitrogens with zero attached hydrogens (tertiary/aromatic N) is 2. The van der Waals surface area contributed by atoms with E-state index < -0.39 is 0 Å². The van der Waals surface area contributed by atoms with Gasteiger partial charge in [0.05, 0.1) is 38.0 Å². The molecule has 3 heterocycles. The van der Waals surface area contributed by atoms with Crippen molar-refractivity contribution in [2.75, 3.05) is 39.4 Å². The number of hydrogen-bond donors (Lipinski definition) is 2. The van der Waals surface area contributed by atoms with Crippen LogP contribution < -0.4 is 10.6 Å². The molecule has 0 aromatic heterocycles. The molecule has 6 nitrogen and oxygen atoms in total. The molecule has 0 aromatic carbocycles. The van der Waals surface area contributed by atoms with E-state index in [1.807, 2.05) is 0 Å². The molecule has 0 spiro atoms. The summed E-state index contributed by atoms with van der Waals surface area (Å²) in [6.07, 6.45) is 4.38. The van der Waals surface area contributed by atoms with Crippen LogP contribution in [0.15, 0.2) is 4.99 Å². The maximum absolute atomic E-state index is 5.92. The van der Waals surface area contributed by atoms with E-state index in [4.69, 9.17) is 14.5 Å². The molecule has 0 aliphatic carbocycles. The van der Waals surface area contributed by atoms with Gasteiger partial charge in [-0.1, -0.05) is 0 Å². The first-order valence-electron chi connectivity index (χ1n) is 8.78. The van der Waals surface area contributed by atoms with Crippen molar-refractivity contribution >= 4 is 29.9 Å². The standard InChI is InChI=1S/C16H30N4O2.HI/c1-3-17-16(19-14-10-13-4-5-15(14)22-13)18-11-12(2)20-6-8-21-9-7-20;/h12-15H,3-11H2,1-2H3,(H2,17,18,19);1H. The lowest BCUT2D eigenvalue weighted by Gasteiger charge is -2.31. The van der Waals surface area contributed by atoms with Crippen LogP contribution in [0.1, 0.15) is 33.1 Å². The summed E-state index contributed by atoms with van der Waals surface area (Å²) in [6, 6.07) is 0.880. The molecule has 23 heavy (non-hydrogen) atoms. The van der Waals surface area contributed by atoms with Crippen LogP contribution in [0.5, 0.6) is 0 Å². The minimum Gasteiger partial charge on any atom is -0.379 e. The van der Waals surface area contributed by atoms with Gasteiger partial charge in [0.25, 0.3) is 0 Å². The van der Waals surface area contributed by atoms with Crippen LogP contribution in [0.3, 0.4) is 0 Å². The first-order valence-corrected chi connectivity index (χ1v) is 8.78. The topological polar surface area (TPSA) is 58.1 Å². The zero-order valence-electron chi connectivity index (χ0n) is 14.3. The quantitative estimate of drug-likeness (QED) is 0.384. The van der Waals surface area contributed by atoms with Gasteiger partial charge in [-0.15, -0.1) is 24.0 Å². The van der Waals surface area contributed by atoms with Gasteiger partial charge in [-0.05, 0) is 33.1 Å². The number of ether oxygens (including phenoxy) is 2. The van der Waals surface area contributed by atoms with Crippen molar-refractivity contribution in [3.63, 3.8) is 0 Å². The summed E-state index contributed by atoms with van der Waals surface area (Å²) < 4.78 is 11.3. The average Bonchev–Trinajstić information content (AvgIpc) is 3.16. The van der Waals surface area contributed by atoms with Gasteiger partial charge in [0.1, 0.15) is 0 Å². The van der Waals surface area contributed by atoms with Crippen LogP contribution in [0, 0.1) is 0 Å². The lowest BCUT2D eigenvalue weighted by atomic mass is 9.96. The van der Waals surface area contributed by atoms with Gasteiger partial charge >= 0.3 is 0 Å². The number of halogens is 1. The molecule has 4 unspecified atom stereocenters. The highest BCUT2D eigenvalue weighted by atomic mass is 127. The number of aliphatic imine (C=N–C) groups is 1. The molecule has 134 valence electrons. The van der Waals surface area contributed by atoms with E-state index in [-0.39, 0.29) is 24.0 Å². The van der Waals surface area contributed by atoms with E-state index in [2.05, 4.69) is 29.4 Å². The maximum atomic E-state index is 5.92. The number of guanidine groups is 1. The van der Waals surface area contributed by atoms with Crippen molar-refractivity contribution in [3.05, 3.63) is 0 Å². The molecule has 3 fully saturated rings. The highest BCUT2D eigenvalue weighted by molar-refractivity contribution is 14.0. The number of nitrogens with one attached hydrogen (secondary N) is 2. The Kier molecular flexibility index (Phi) is 7.84. The number of rotatable bonds is 5. The Labute approximate surface area is 156 Å². The molecule has 3 aliphatic heterocycles. The molecule has 3 rings (SSSR count). The van der Waals surface area contributed by atoms with Gasteiger partial charge in [0.15, 0.2) is 5.96 Å². The highest BCUT2D eigenvalue weighted by Crippen LogP contribution is 2.34. The van der Waals surface area contributed by atoms with Crippen molar-refractivity contribution in [3.8, 4) is 0 Å². The van der Waals surface area contributed by atoms with E-state index in [0.717, 1.165) is 51.8 Å². The Morgan fingerprint density at radius 1 is 1.30 bits per heavy atom. The molecule has 0 saturated carbocycles.